The fraction of sp³-hybridized carbons (Fsp3) is 0.250. The van der Waals surface area contributed by atoms with E-state index in [0.29, 0.717) is 11.5 Å². The van der Waals surface area contributed by atoms with Gasteiger partial charge in [0, 0.05) is 30.7 Å². The summed E-state index contributed by atoms with van der Waals surface area (Å²) in [6.07, 6.45) is 2.98. The van der Waals surface area contributed by atoms with Gasteiger partial charge in [-0.15, -0.1) is 11.3 Å². The maximum atomic E-state index is 9.62. The highest BCUT2D eigenvalue weighted by molar-refractivity contribution is 7.11. The van der Waals surface area contributed by atoms with Crippen molar-refractivity contribution in [3.63, 3.8) is 0 Å². The van der Waals surface area contributed by atoms with Gasteiger partial charge in [0.2, 0.25) is 0 Å². The van der Waals surface area contributed by atoms with Gasteiger partial charge in [-0.1, -0.05) is 50.2 Å². The molecule has 28 heavy (non-hydrogen) atoms. The van der Waals surface area contributed by atoms with Crippen molar-refractivity contribution in [3.8, 4) is 17.3 Å². The minimum atomic E-state index is 0.588. The van der Waals surface area contributed by atoms with Crippen molar-refractivity contribution in [3.05, 3.63) is 70.0 Å². The van der Waals surface area contributed by atoms with Gasteiger partial charge in [-0.3, -0.25) is 0 Å². The fourth-order valence-corrected chi connectivity index (χ4v) is 3.78. The van der Waals surface area contributed by atoms with E-state index in [1.165, 1.54) is 16.9 Å². The minimum absolute atomic E-state index is 0.588. The number of nitrogens with zero attached hydrogens (tertiary/aromatic N) is 3. The zero-order valence-electron chi connectivity index (χ0n) is 16.8. The first-order chi connectivity index (χ1) is 13.5. The lowest BCUT2D eigenvalue weighted by atomic mass is 10.0. The number of rotatable bonds is 6. The Hall–Kier alpha value is -2.90. The zero-order chi connectivity index (χ0) is 20.1. The molecule has 3 rings (SSSR count). The smallest absolute Gasteiger partial charge is 0.134 e. The number of aromatic nitrogens is 1. The Morgan fingerprint density at radius 1 is 1.11 bits per heavy atom. The number of allylic oxidation sites excluding steroid dienone is 1. The third-order valence-corrected chi connectivity index (χ3v) is 5.34. The summed E-state index contributed by atoms with van der Waals surface area (Å²) in [5, 5.41) is 12.4. The summed E-state index contributed by atoms with van der Waals surface area (Å²) < 4.78 is 0. The number of hydrogen-bond acceptors (Lipinski definition) is 4. The van der Waals surface area contributed by atoms with Gasteiger partial charge in [-0.2, -0.15) is 5.26 Å². The van der Waals surface area contributed by atoms with E-state index in [2.05, 4.69) is 49.1 Å². The van der Waals surface area contributed by atoms with Crippen molar-refractivity contribution in [2.24, 2.45) is 5.92 Å². The summed E-state index contributed by atoms with van der Waals surface area (Å²) in [5.41, 5.74) is 6.06. The topological polar surface area (TPSA) is 39.9 Å². The lowest BCUT2D eigenvalue weighted by Gasteiger charge is -2.11. The number of hydrogen-bond donors (Lipinski definition) is 0. The van der Waals surface area contributed by atoms with E-state index in [1.807, 2.05) is 49.8 Å². The molecule has 0 N–H and O–H groups in total. The van der Waals surface area contributed by atoms with Crippen LogP contribution in [0.25, 0.3) is 22.9 Å². The van der Waals surface area contributed by atoms with Crippen LogP contribution in [-0.4, -0.2) is 19.1 Å². The molecule has 0 unspecified atom stereocenters. The summed E-state index contributed by atoms with van der Waals surface area (Å²) in [6.45, 7) is 4.45. The van der Waals surface area contributed by atoms with Crippen LogP contribution in [-0.2, 0) is 6.42 Å². The van der Waals surface area contributed by atoms with Crippen LogP contribution in [0.1, 0.15) is 30.0 Å². The zero-order valence-corrected chi connectivity index (χ0v) is 17.6. The molecule has 2 aromatic carbocycles. The Labute approximate surface area is 171 Å². The van der Waals surface area contributed by atoms with Gasteiger partial charge in [-0.25, -0.2) is 4.98 Å². The van der Waals surface area contributed by atoms with Crippen molar-refractivity contribution in [2.45, 2.75) is 20.3 Å². The Balaban J connectivity index is 1.82. The summed E-state index contributed by atoms with van der Waals surface area (Å²) in [7, 11) is 4.02. The first-order valence-electron chi connectivity index (χ1n) is 9.40. The maximum Gasteiger partial charge on any atom is 0.134 e. The standard InChI is InChI=1S/C24H25N3S/c1-17(2)13-18-5-9-20(10-6-18)23-16-28-24(26-23)21(15-25)14-19-7-11-22(12-8-19)27(3)4/h5-12,14,16-17H,13H2,1-4H3. The summed E-state index contributed by atoms with van der Waals surface area (Å²) >= 11 is 1.51. The Morgan fingerprint density at radius 3 is 2.36 bits per heavy atom. The highest BCUT2D eigenvalue weighted by atomic mass is 32.1. The molecule has 1 aromatic heterocycles. The molecule has 3 nitrogen and oxygen atoms in total. The number of thiazole rings is 1. The Morgan fingerprint density at radius 2 is 1.79 bits per heavy atom. The third-order valence-electron chi connectivity index (χ3n) is 4.47. The normalized spacial score (nSPS) is 11.5. The summed E-state index contributed by atoms with van der Waals surface area (Å²) in [4.78, 5) is 6.76. The van der Waals surface area contributed by atoms with E-state index in [-0.39, 0.29) is 0 Å². The van der Waals surface area contributed by atoms with Crippen molar-refractivity contribution in [1.82, 2.24) is 4.98 Å². The lowest BCUT2D eigenvalue weighted by Crippen LogP contribution is -2.07. The number of anilines is 1. The largest absolute Gasteiger partial charge is 0.378 e. The van der Waals surface area contributed by atoms with E-state index < -0.39 is 0 Å². The highest BCUT2D eigenvalue weighted by Crippen LogP contribution is 2.28. The first-order valence-corrected chi connectivity index (χ1v) is 10.3. The van der Waals surface area contributed by atoms with Crippen LogP contribution in [0.5, 0.6) is 0 Å². The molecule has 3 aromatic rings. The van der Waals surface area contributed by atoms with Gasteiger partial charge in [0.25, 0.3) is 0 Å². The van der Waals surface area contributed by atoms with Gasteiger partial charge in [0.15, 0.2) is 0 Å². The second-order valence-electron chi connectivity index (χ2n) is 7.49. The van der Waals surface area contributed by atoms with Crippen LogP contribution < -0.4 is 4.90 Å². The van der Waals surface area contributed by atoms with E-state index in [4.69, 9.17) is 4.98 Å². The van der Waals surface area contributed by atoms with Crippen LogP contribution in [0.15, 0.2) is 53.9 Å². The molecule has 0 bridgehead atoms. The molecular formula is C24H25N3S. The molecule has 0 amide bonds. The van der Waals surface area contributed by atoms with Gasteiger partial charge in [0.05, 0.1) is 11.3 Å². The second kappa shape index (κ2) is 8.86. The molecule has 0 aliphatic rings. The molecule has 0 saturated heterocycles. The van der Waals surface area contributed by atoms with Gasteiger partial charge in [-0.05, 0) is 41.7 Å². The molecule has 1 heterocycles. The second-order valence-corrected chi connectivity index (χ2v) is 8.35. The molecule has 0 aliphatic heterocycles. The van der Waals surface area contributed by atoms with Crippen LogP contribution in [0, 0.1) is 17.2 Å². The predicted octanol–water partition coefficient (Wildman–Crippen LogP) is 6.14. The van der Waals surface area contributed by atoms with E-state index >= 15 is 0 Å². The van der Waals surface area contributed by atoms with E-state index in [1.54, 1.807) is 0 Å². The van der Waals surface area contributed by atoms with E-state index in [0.717, 1.165) is 33.9 Å². The van der Waals surface area contributed by atoms with Crippen molar-refractivity contribution in [2.75, 3.05) is 19.0 Å². The van der Waals surface area contributed by atoms with Crippen LogP contribution in [0.2, 0.25) is 0 Å². The van der Waals surface area contributed by atoms with Crippen LogP contribution in [0.4, 0.5) is 5.69 Å². The lowest BCUT2D eigenvalue weighted by molar-refractivity contribution is 0.647. The fourth-order valence-electron chi connectivity index (χ4n) is 2.99. The molecular weight excluding hydrogens is 362 g/mol. The first kappa shape index (κ1) is 19.9. The van der Waals surface area contributed by atoms with E-state index in [9.17, 15) is 5.26 Å². The van der Waals surface area contributed by atoms with Crippen molar-refractivity contribution < 1.29 is 0 Å². The summed E-state index contributed by atoms with van der Waals surface area (Å²) in [5.74, 6) is 0.645. The van der Waals surface area contributed by atoms with Gasteiger partial charge < -0.3 is 4.90 Å². The molecule has 4 heteroatoms. The van der Waals surface area contributed by atoms with Crippen LogP contribution in [0.3, 0.4) is 0 Å². The summed E-state index contributed by atoms with van der Waals surface area (Å²) in [6, 6.07) is 19.0. The molecule has 0 aliphatic carbocycles. The highest BCUT2D eigenvalue weighted by Gasteiger charge is 2.10. The maximum absolute atomic E-state index is 9.62. The van der Waals surface area contributed by atoms with Crippen molar-refractivity contribution in [1.29, 1.82) is 5.26 Å². The van der Waals surface area contributed by atoms with Crippen LogP contribution >= 0.6 is 11.3 Å². The minimum Gasteiger partial charge on any atom is -0.378 e. The molecule has 0 atom stereocenters. The third kappa shape index (κ3) is 4.88. The molecule has 0 fully saturated rings. The SMILES string of the molecule is CC(C)Cc1ccc(-c2csc(C(C#N)=Cc3ccc(N(C)C)cc3)n2)cc1. The Bertz CT molecular complexity index is 988. The molecule has 0 spiro atoms. The van der Waals surface area contributed by atoms with Gasteiger partial charge >= 0.3 is 0 Å². The van der Waals surface area contributed by atoms with Gasteiger partial charge in [0.1, 0.15) is 11.1 Å². The number of benzene rings is 2. The quantitative estimate of drug-likeness (QED) is 0.477. The molecule has 142 valence electrons. The molecule has 0 saturated carbocycles. The average molecular weight is 388 g/mol. The van der Waals surface area contributed by atoms with Crippen molar-refractivity contribution >= 4 is 28.7 Å². The predicted molar refractivity (Wildman–Crippen MR) is 120 cm³/mol. The Kier molecular flexibility index (Phi) is 6.28. The number of nitriles is 1. The molecule has 0 radical (unpaired) electrons. The average Bonchev–Trinajstić information content (AvgIpc) is 3.16. The monoisotopic (exact) mass is 387 g/mol.